The third kappa shape index (κ3) is 3.51. The molecule has 0 aromatic heterocycles. The zero-order valence-corrected chi connectivity index (χ0v) is 10.9. The van der Waals surface area contributed by atoms with Crippen molar-refractivity contribution in [3.8, 4) is 0 Å². The molecular weight excluding hydrogens is 268 g/mol. The minimum atomic E-state index is -2.02. The van der Waals surface area contributed by atoms with Gasteiger partial charge in [-0.25, -0.2) is 4.79 Å². The Labute approximate surface area is 114 Å². The first-order valence-electron chi connectivity index (χ1n) is 5.64. The summed E-state index contributed by atoms with van der Waals surface area (Å²) in [6, 6.07) is 3.58. The van der Waals surface area contributed by atoms with E-state index in [0.29, 0.717) is 0 Å². The smallest absolute Gasteiger partial charge is 0.337 e. The van der Waals surface area contributed by atoms with E-state index in [1.807, 2.05) is 0 Å². The van der Waals surface area contributed by atoms with Crippen LogP contribution in [0.3, 0.4) is 0 Å². The Bertz CT molecular complexity index is 567. The van der Waals surface area contributed by atoms with Gasteiger partial charge in [-0.3, -0.25) is 14.9 Å². The van der Waals surface area contributed by atoms with Gasteiger partial charge in [0.1, 0.15) is 0 Å². The number of nitro groups is 1. The predicted molar refractivity (Wildman–Crippen MR) is 69.9 cm³/mol. The molecule has 1 atom stereocenters. The first-order chi connectivity index (χ1) is 9.15. The van der Waals surface area contributed by atoms with Crippen LogP contribution in [0.5, 0.6) is 0 Å². The maximum atomic E-state index is 11.5. The number of carbonyl (C=O) groups is 2. The summed E-state index contributed by atoms with van der Waals surface area (Å²) < 4.78 is 0. The summed E-state index contributed by atoms with van der Waals surface area (Å²) in [6.07, 6.45) is 0. The van der Waals surface area contributed by atoms with Gasteiger partial charge < -0.3 is 15.5 Å². The average Bonchev–Trinajstić information content (AvgIpc) is 2.35. The number of nitro benzene ring substituents is 1. The summed E-state index contributed by atoms with van der Waals surface area (Å²) in [5, 5.41) is 31.6. The molecule has 8 heteroatoms. The molecule has 1 unspecified atom stereocenters. The highest BCUT2D eigenvalue weighted by Crippen LogP contribution is 2.23. The number of Topliss-reactive ketones (excluding diaryl/α,β-unsaturated/α-hetero) is 1. The molecule has 0 aliphatic carbocycles. The van der Waals surface area contributed by atoms with E-state index in [4.69, 9.17) is 5.11 Å². The van der Waals surface area contributed by atoms with Crippen LogP contribution in [0, 0.1) is 10.1 Å². The van der Waals surface area contributed by atoms with E-state index in [1.54, 1.807) is 0 Å². The summed E-state index contributed by atoms with van der Waals surface area (Å²) in [7, 11) is 0. The van der Waals surface area contributed by atoms with Crippen LogP contribution in [0.4, 0.5) is 11.4 Å². The highest BCUT2D eigenvalue weighted by molar-refractivity contribution is 6.00. The van der Waals surface area contributed by atoms with Crippen molar-refractivity contribution < 1.29 is 24.7 Å². The zero-order chi connectivity index (χ0) is 15.5. The molecule has 108 valence electrons. The van der Waals surface area contributed by atoms with Crippen molar-refractivity contribution >= 4 is 23.1 Å². The Balaban J connectivity index is 3.04. The van der Waals surface area contributed by atoms with Crippen LogP contribution in [0.25, 0.3) is 0 Å². The van der Waals surface area contributed by atoms with Crippen molar-refractivity contribution in [3.63, 3.8) is 0 Å². The van der Waals surface area contributed by atoms with Crippen molar-refractivity contribution in [2.45, 2.75) is 19.4 Å². The molecule has 0 amide bonds. The number of nitrogens with one attached hydrogen (secondary N) is 1. The molecule has 0 aliphatic heterocycles. The van der Waals surface area contributed by atoms with Crippen molar-refractivity contribution in [3.05, 3.63) is 33.9 Å². The van der Waals surface area contributed by atoms with E-state index < -0.39 is 22.3 Å². The lowest BCUT2D eigenvalue weighted by atomic mass is 10.1. The summed E-state index contributed by atoms with van der Waals surface area (Å²) in [4.78, 5) is 32.2. The fourth-order valence-corrected chi connectivity index (χ4v) is 1.43. The maximum absolute atomic E-state index is 11.5. The Kier molecular flexibility index (Phi) is 4.41. The normalized spacial score (nSPS) is 13.3. The third-order valence-corrected chi connectivity index (χ3v) is 2.68. The number of carbonyl (C=O) groups excluding carboxylic acids is 1. The van der Waals surface area contributed by atoms with Crippen LogP contribution in [-0.2, 0) is 4.79 Å². The highest BCUT2D eigenvalue weighted by Gasteiger charge is 2.30. The number of nitrogens with zero attached hydrogens (tertiary/aromatic N) is 1. The van der Waals surface area contributed by atoms with E-state index in [2.05, 4.69) is 5.32 Å². The maximum Gasteiger partial charge on any atom is 0.337 e. The quantitative estimate of drug-likeness (QED) is 0.403. The van der Waals surface area contributed by atoms with E-state index in [0.717, 1.165) is 13.0 Å². The standard InChI is InChI=1S/C12H14N2O6/c1-7(15)9-5-8(14(19)20)3-4-10(9)13-6-12(2,18)11(16)17/h3-5,13,18H,6H2,1-2H3,(H,16,17). The molecule has 1 rings (SSSR count). The number of hydrogen-bond donors (Lipinski definition) is 3. The molecule has 0 saturated heterocycles. The molecule has 0 saturated carbocycles. The number of carboxylic acids is 1. The van der Waals surface area contributed by atoms with Crippen LogP contribution in [0.15, 0.2) is 18.2 Å². The fraction of sp³-hybridized carbons (Fsp3) is 0.333. The van der Waals surface area contributed by atoms with Gasteiger partial charge in [0.2, 0.25) is 0 Å². The minimum Gasteiger partial charge on any atom is -0.479 e. The molecule has 0 radical (unpaired) electrons. The lowest BCUT2D eigenvalue weighted by molar-refractivity contribution is -0.384. The van der Waals surface area contributed by atoms with E-state index in [1.165, 1.54) is 19.1 Å². The molecule has 20 heavy (non-hydrogen) atoms. The predicted octanol–water partition coefficient (Wildman–Crippen LogP) is 1.04. The van der Waals surface area contributed by atoms with Gasteiger partial charge >= 0.3 is 5.97 Å². The third-order valence-electron chi connectivity index (χ3n) is 2.68. The van der Waals surface area contributed by atoms with Gasteiger partial charge in [0.05, 0.1) is 11.5 Å². The number of benzene rings is 1. The molecule has 0 spiro atoms. The van der Waals surface area contributed by atoms with Crippen LogP contribution in [-0.4, -0.2) is 39.0 Å². The van der Waals surface area contributed by atoms with Gasteiger partial charge in [0, 0.05) is 23.4 Å². The second kappa shape index (κ2) is 5.66. The monoisotopic (exact) mass is 282 g/mol. The van der Waals surface area contributed by atoms with Crippen LogP contribution < -0.4 is 5.32 Å². The Morgan fingerprint density at radius 3 is 2.50 bits per heavy atom. The topological polar surface area (TPSA) is 130 Å². The number of ketones is 1. The molecule has 1 aromatic rings. The van der Waals surface area contributed by atoms with Crippen molar-refractivity contribution in [2.24, 2.45) is 0 Å². The van der Waals surface area contributed by atoms with E-state index in [9.17, 15) is 24.8 Å². The van der Waals surface area contributed by atoms with Crippen molar-refractivity contribution in [1.29, 1.82) is 0 Å². The Hall–Kier alpha value is -2.48. The first kappa shape index (κ1) is 15.6. The van der Waals surface area contributed by atoms with E-state index in [-0.39, 0.29) is 23.5 Å². The molecule has 0 bridgehead atoms. The summed E-state index contributed by atoms with van der Waals surface area (Å²) >= 11 is 0. The molecule has 3 N–H and O–H groups in total. The number of non-ortho nitro benzene ring substituents is 1. The van der Waals surface area contributed by atoms with Gasteiger partial charge in [-0.1, -0.05) is 0 Å². The lowest BCUT2D eigenvalue weighted by Gasteiger charge is -2.20. The van der Waals surface area contributed by atoms with Crippen molar-refractivity contribution in [2.75, 3.05) is 11.9 Å². The summed E-state index contributed by atoms with van der Waals surface area (Å²) in [6.45, 7) is 1.99. The number of anilines is 1. The van der Waals surface area contributed by atoms with Gasteiger partial charge in [-0.15, -0.1) is 0 Å². The molecule has 1 aromatic carbocycles. The number of carboxylic acid groups (broad SMARTS) is 1. The summed E-state index contributed by atoms with van der Waals surface area (Å²) in [5.41, 5.74) is -1.98. The Morgan fingerprint density at radius 1 is 1.45 bits per heavy atom. The minimum absolute atomic E-state index is 0.0559. The van der Waals surface area contributed by atoms with Gasteiger partial charge in [0.25, 0.3) is 5.69 Å². The zero-order valence-electron chi connectivity index (χ0n) is 10.9. The molecule has 0 fully saturated rings. The fourth-order valence-electron chi connectivity index (χ4n) is 1.43. The van der Waals surface area contributed by atoms with Crippen LogP contribution >= 0.6 is 0 Å². The highest BCUT2D eigenvalue weighted by atomic mass is 16.6. The van der Waals surface area contributed by atoms with Crippen molar-refractivity contribution in [1.82, 2.24) is 0 Å². The molecule has 0 heterocycles. The van der Waals surface area contributed by atoms with E-state index >= 15 is 0 Å². The SMILES string of the molecule is CC(=O)c1cc([N+](=O)[O-])ccc1NCC(C)(O)C(=O)O. The number of aliphatic hydroxyl groups is 1. The number of aliphatic carboxylic acids is 1. The Morgan fingerprint density at radius 2 is 2.05 bits per heavy atom. The van der Waals surface area contributed by atoms with Crippen LogP contribution in [0.1, 0.15) is 24.2 Å². The van der Waals surface area contributed by atoms with Crippen LogP contribution in [0.2, 0.25) is 0 Å². The largest absolute Gasteiger partial charge is 0.479 e. The number of hydrogen-bond acceptors (Lipinski definition) is 6. The molecular formula is C12H14N2O6. The lowest BCUT2D eigenvalue weighted by Crippen LogP contribution is -2.42. The molecule has 0 aliphatic rings. The second-order valence-corrected chi connectivity index (χ2v) is 4.48. The number of rotatable bonds is 6. The second-order valence-electron chi connectivity index (χ2n) is 4.48. The summed E-state index contributed by atoms with van der Waals surface area (Å²) in [5.74, 6) is -1.83. The van der Waals surface area contributed by atoms with Gasteiger partial charge in [-0.05, 0) is 19.9 Å². The van der Waals surface area contributed by atoms with Gasteiger partial charge in [0.15, 0.2) is 11.4 Å². The average molecular weight is 282 g/mol. The van der Waals surface area contributed by atoms with Gasteiger partial charge in [-0.2, -0.15) is 0 Å². The molecule has 8 nitrogen and oxygen atoms in total. The first-order valence-corrected chi connectivity index (χ1v) is 5.64.